The summed E-state index contributed by atoms with van der Waals surface area (Å²) in [6.45, 7) is 2.00. The summed E-state index contributed by atoms with van der Waals surface area (Å²) >= 11 is 8.55. The van der Waals surface area contributed by atoms with E-state index in [1.165, 1.54) is 6.20 Å². The van der Waals surface area contributed by atoms with E-state index in [4.69, 9.17) is 12.2 Å². The Balaban J connectivity index is 1.99. The van der Waals surface area contributed by atoms with E-state index in [-0.39, 0.29) is 11.0 Å². The van der Waals surface area contributed by atoms with Crippen LogP contribution in [0.1, 0.15) is 15.9 Å². The van der Waals surface area contributed by atoms with E-state index in [1.54, 1.807) is 18.3 Å². The average molecular weight is 350 g/mol. The Kier molecular flexibility index (Phi) is 4.81. The van der Waals surface area contributed by atoms with Crippen molar-refractivity contribution in [3.63, 3.8) is 0 Å². The van der Waals surface area contributed by atoms with Gasteiger partial charge in [0.1, 0.15) is 0 Å². The number of halogens is 1. The number of anilines is 1. The van der Waals surface area contributed by atoms with E-state index in [9.17, 15) is 4.79 Å². The minimum atomic E-state index is -0.290. The number of aromatic nitrogens is 1. The van der Waals surface area contributed by atoms with Crippen molar-refractivity contribution in [3.8, 4) is 0 Å². The second kappa shape index (κ2) is 6.58. The van der Waals surface area contributed by atoms with Crippen molar-refractivity contribution in [2.75, 3.05) is 5.32 Å². The van der Waals surface area contributed by atoms with Gasteiger partial charge >= 0.3 is 0 Å². The van der Waals surface area contributed by atoms with E-state index in [0.717, 1.165) is 15.7 Å². The van der Waals surface area contributed by atoms with Gasteiger partial charge in [-0.1, -0.05) is 22.0 Å². The molecule has 4 nitrogen and oxygen atoms in total. The summed E-state index contributed by atoms with van der Waals surface area (Å²) in [6, 6.07) is 9.12. The molecule has 20 heavy (non-hydrogen) atoms. The van der Waals surface area contributed by atoms with Crippen LogP contribution in [0.4, 0.5) is 5.69 Å². The zero-order valence-corrected chi connectivity index (χ0v) is 13.1. The molecule has 0 aliphatic rings. The number of rotatable bonds is 2. The molecule has 1 aromatic carbocycles. The lowest BCUT2D eigenvalue weighted by Gasteiger charge is -2.10. The van der Waals surface area contributed by atoms with Crippen LogP contribution in [-0.4, -0.2) is 16.0 Å². The normalized spacial score (nSPS) is 9.90. The highest BCUT2D eigenvalue weighted by molar-refractivity contribution is 9.10. The monoisotopic (exact) mass is 349 g/mol. The summed E-state index contributed by atoms with van der Waals surface area (Å²) in [7, 11) is 0. The number of nitrogens with one attached hydrogen (secondary N) is 2. The maximum Gasteiger partial charge on any atom is 0.258 e. The van der Waals surface area contributed by atoms with Gasteiger partial charge in [-0.25, -0.2) is 0 Å². The van der Waals surface area contributed by atoms with Gasteiger partial charge in [-0.05, 0) is 49.0 Å². The largest absolute Gasteiger partial charge is 0.332 e. The van der Waals surface area contributed by atoms with Gasteiger partial charge in [0.2, 0.25) is 0 Å². The molecule has 102 valence electrons. The Morgan fingerprint density at radius 2 is 2.15 bits per heavy atom. The molecule has 2 rings (SSSR count). The fourth-order valence-electron chi connectivity index (χ4n) is 1.51. The Hall–Kier alpha value is -1.79. The van der Waals surface area contributed by atoms with Crippen molar-refractivity contribution in [2.24, 2.45) is 0 Å². The molecular weight excluding hydrogens is 338 g/mol. The first kappa shape index (κ1) is 14.6. The second-order valence-corrected chi connectivity index (χ2v) is 5.38. The lowest BCUT2D eigenvalue weighted by Crippen LogP contribution is -2.34. The van der Waals surface area contributed by atoms with E-state index in [2.05, 4.69) is 31.5 Å². The minimum absolute atomic E-state index is 0.245. The Morgan fingerprint density at radius 3 is 2.80 bits per heavy atom. The van der Waals surface area contributed by atoms with Crippen molar-refractivity contribution in [3.05, 3.63) is 58.3 Å². The van der Waals surface area contributed by atoms with Crippen molar-refractivity contribution in [2.45, 2.75) is 6.92 Å². The standard InChI is InChI=1S/C14H12BrN3OS/c1-9-4-5-11(7-12(9)15)17-14(20)18-13(19)10-3-2-6-16-8-10/h2-8H,1H3,(H2,17,18,19,20). The van der Waals surface area contributed by atoms with Gasteiger partial charge in [0.25, 0.3) is 5.91 Å². The highest BCUT2D eigenvalue weighted by Gasteiger charge is 2.08. The van der Waals surface area contributed by atoms with Crippen LogP contribution in [0.15, 0.2) is 47.2 Å². The van der Waals surface area contributed by atoms with Crippen molar-refractivity contribution >= 4 is 44.9 Å². The van der Waals surface area contributed by atoms with Crippen LogP contribution >= 0.6 is 28.1 Å². The van der Waals surface area contributed by atoms with Gasteiger partial charge in [-0.15, -0.1) is 0 Å². The van der Waals surface area contributed by atoms with Crippen LogP contribution in [0.2, 0.25) is 0 Å². The molecule has 2 N–H and O–H groups in total. The molecule has 0 aliphatic carbocycles. The Labute approximate surface area is 130 Å². The fourth-order valence-corrected chi connectivity index (χ4v) is 2.09. The summed E-state index contributed by atoms with van der Waals surface area (Å²) in [6.07, 6.45) is 3.09. The second-order valence-electron chi connectivity index (χ2n) is 4.11. The van der Waals surface area contributed by atoms with Gasteiger partial charge < -0.3 is 5.32 Å². The topological polar surface area (TPSA) is 54.0 Å². The summed E-state index contributed by atoms with van der Waals surface area (Å²) in [5.74, 6) is -0.290. The zero-order chi connectivity index (χ0) is 14.5. The molecule has 0 aliphatic heterocycles. The van der Waals surface area contributed by atoms with E-state index >= 15 is 0 Å². The van der Waals surface area contributed by atoms with Gasteiger partial charge in [0.05, 0.1) is 5.56 Å². The molecule has 0 atom stereocenters. The predicted molar refractivity (Wildman–Crippen MR) is 86.8 cm³/mol. The molecule has 2 aromatic rings. The number of carbonyl (C=O) groups excluding carboxylic acids is 1. The molecule has 0 fully saturated rings. The van der Waals surface area contributed by atoms with Crippen LogP contribution in [-0.2, 0) is 0 Å². The number of amides is 1. The third-order valence-corrected chi connectivity index (χ3v) is 3.64. The lowest BCUT2D eigenvalue weighted by atomic mass is 10.2. The van der Waals surface area contributed by atoms with Gasteiger partial charge in [-0.3, -0.25) is 15.1 Å². The van der Waals surface area contributed by atoms with Gasteiger partial charge in [0, 0.05) is 22.6 Å². The number of benzene rings is 1. The summed E-state index contributed by atoms with van der Waals surface area (Å²) in [5, 5.41) is 5.81. The fraction of sp³-hybridized carbons (Fsp3) is 0.0714. The molecule has 0 saturated heterocycles. The molecule has 0 unspecified atom stereocenters. The molecule has 0 bridgehead atoms. The summed E-state index contributed by atoms with van der Waals surface area (Å²) < 4.78 is 0.976. The maximum absolute atomic E-state index is 11.9. The lowest BCUT2D eigenvalue weighted by molar-refractivity contribution is 0.0977. The number of hydrogen-bond donors (Lipinski definition) is 2. The number of nitrogens with zero attached hydrogens (tertiary/aromatic N) is 1. The number of carbonyl (C=O) groups is 1. The van der Waals surface area contributed by atoms with Crippen molar-refractivity contribution in [1.82, 2.24) is 10.3 Å². The molecular formula is C14H12BrN3OS. The van der Waals surface area contributed by atoms with Gasteiger partial charge in [0.15, 0.2) is 5.11 Å². The average Bonchev–Trinajstić information content (AvgIpc) is 2.44. The minimum Gasteiger partial charge on any atom is -0.332 e. The van der Waals surface area contributed by atoms with Crippen molar-refractivity contribution in [1.29, 1.82) is 0 Å². The zero-order valence-electron chi connectivity index (χ0n) is 10.7. The van der Waals surface area contributed by atoms with E-state index in [1.807, 2.05) is 25.1 Å². The van der Waals surface area contributed by atoms with Crippen LogP contribution < -0.4 is 10.6 Å². The van der Waals surface area contributed by atoms with Crippen LogP contribution in [0.3, 0.4) is 0 Å². The SMILES string of the molecule is Cc1ccc(NC(=S)NC(=O)c2cccnc2)cc1Br. The number of pyridine rings is 1. The van der Waals surface area contributed by atoms with Crippen LogP contribution in [0.25, 0.3) is 0 Å². The molecule has 6 heteroatoms. The first-order valence-electron chi connectivity index (χ1n) is 5.85. The smallest absolute Gasteiger partial charge is 0.258 e. The summed E-state index contributed by atoms with van der Waals surface area (Å²) in [5.41, 5.74) is 2.39. The molecule has 1 amide bonds. The quantitative estimate of drug-likeness (QED) is 0.817. The maximum atomic E-state index is 11.9. The molecule has 0 spiro atoms. The van der Waals surface area contributed by atoms with E-state index < -0.39 is 0 Å². The first-order chi connectivity index (χ1) is 9.56. The van der Waals surface area contributed by atoms with Crippen LogP contribution in [0.5, 0.6) is 0 Å². The van der Waals surface area contributed by atoms with Gasteiger partial charge in [-0.2, -0.15) is 0 Å². The number of hydrogen-bond acceptors (Lipinski definition) is 3. The predicted octanol–water partition coefficient (Wildman–Crippen LogP) is 3.28. The molecule has 0 saturated carbocycles. The van der Waals surface area contributed by atoms with Crippen molar-refractivity contribution < 1.29 is 4.79 Å². The molecule has 0 radical (unpaired) electrons. The third-order valence-electron chi connectivity index (χ3n) is 2.58. The Bertz CT molecular complexity index is 646. The number of thiocarbonyl (C=S) groups is 1. The first-order valence-corrected chi connectivity index (χ1v) is 7.05. The van der Waals surface area contributed by atoms with Crippen LogP contribution in [0, 0.1) is 6.92 Å². The Morgan fingerprint density at radius 1 is 1.35 bits per heavy atom. The molecule has 1 aromatic heterocycles. The molecule has 1 heterocycles. The summed E-state index contributed by atoms with van der Waals surface area (Å²) in [4.78, 5) is 15.8. The highest BCUT2D eigenvalue weighted by Crippen LogP contribution is 2.20. The highest BCUT2D eigenvalue weighted by atomic mass is 79.9. The van der Waals surface area contributed by atoms with E-state index in [0.29, 0.717) is 5.56 Å². The third kappa shape index (κ3) is 3.85. The number of aryl methyl sites for hydroxylation is 1.